The van der Waals surface area contributed by atoms with Gasteiger partial charge in [0.25, 0.3) is 0 Å². The van der Waals surface area contributed by atoms with Crippen LogP contribution in [0.3, 0.4) is 0 Å². The van der Waals surface area contributed by atoms with E-state index in [0.717, 1.165) is 11.3 Å². The van der Waals surface area contributed by atoms with Crippen LogP contribution in [0, 0.1) is 0 Å². The van der Waals surface area contributed by atoms with Crippen molar-refractivity contribution >= 4 is 17.7 Å². The molecule has 0 fully saturated rings. The first-order valence-electron chi connectivity index (χ1n) is 8.25. The molecule has 7 heteroatoms. The molecule has 0 saturated heterocycles. The highest BCUT2D eigenvalue weighted by Crippen LogP contribution is 2.25. The molecule has 1 aliphatic rings. The number of carbonyl (C=O) groups excluding carboxylic acids is 1. The van der Waals surface area contributed by atoms with Crippen molar-refractivity contribution < 1.29 is 14.6 Å². The molecule has 0 spiro atoms. The Morgan fingerprint density at radius 2 is 2.25 bits per heavy atom. The second-order valence-electron chi connectivity index (χ2n) is 6.99. The maximum absolute atomic E-state index is 12.6. The Labute approximate surface area is 148 Å². The zero-order valence-corrected chi connectivity index (χ0v) is 15.3. The third kappa shape index (κ3) is 5.33. The predicted molar refractivity (Wildman–Crippen MR) is 93.1 cm³/mol. The van der Waals surface area contributed by atoms with Gasteiger partial charge in [0.1, 0.15) is 10.8 Å². The van der Waals surface area contributed by atoms with Gasteiger partial charge in [0.05, 0.1) is 12.6 Å². The highest BCUT2D eigenvalue weighted by atomic mass is 35.5. The van der Waals surface area contributed by atoms with Crippen molar-refractivity contribution in [3.63, 3.8) is 0 Å². The summed E-state index contributed by atoms with van der Waals surface area (Å²) in [7, 11) is 0. The van der Waals surface area contributed by atoms with E-state index >= 15 is 0 Å². The molecule has 0 saturated carbocycles. The van der Waals surface area contributed by atoms with E-state index in [1.807, 2.05) is 26.8 Å². The molecule has 2 heterocycles. The topological polar surface area (TPSA) is 74.7 Å². The van der Waals surface area contributed by atoms with Crippen molar-refractivity contribution in [1.82, 2.24) is 15.2 Å². The van der Waals surface area contributed by atoms with E-state index in [1.54, 1.807) is 11.0 Å². The fraction of sp³-hybridized carbons (Fsp3) is 0.647. The summed E-state index contributed by atoms with van der Waals surface area (Å²) >= 11 is 6.00. The lowest BCUT2D eigenvalue weighted by atomic mass is 9.99. The van der Waals surface area contributed by atoms with E-state index in [4.69, 9.17) is 21.4 Å². The number of nitrogens with one attached hydrogen (secondary N) is 1. The van der Waals surface area contributed by atoms with Crippen molar-refractivity contribution in [2.75, 3.05) is 19.7 Å². The number of aromatic nitrogens is 1. The largest absolute Gasteiger partial charge is 0.444 e. The van der Waals surface area contributed by atoms with Crippen molar-refractivity contribution in [3.05, 3.63) is 28.5 Å². The second-order valence-corrected chi connectivity index (χ2v) is 7.37. The molecule has 0 aromatic carbocycles. The van der Waals surface area contributed by atoms with Crippen molar-refractivity contribution in [1.29, 1.82) is 0 Å². The Kier molecular flexibility index (Phi) is 6.43. The van der Waals surface area contributed by atoms with Gasteiger partial charge in [0.15, 0.2) is 0 Å². The molecular weight excluding hydrogens is 330 g/mol. The summed E-state index contributed by atoms with van der Waals surface area (Å²) in [5, 5.41) is 12.6. The Morgan fingerprint density at radius 1 is 1.50 bits per heavy atom. The number of aliphatic hydroxyl groups excluding tert-OH is 1. The van der Waals surface area contributed by atoms with Crippen LogP contribution in [-0.2, 0) is 17.7 Å². The smallest absolute Gasteiger partial charge is 0.410 e. The van der Waals surface area contributed by atoms with E-state index in [9.17, 15) is 4.79 Å². The predicted octanol–water partition coefficient (Wildman–Crippen LogP) is 2.37. The number of aliphatic hydroxyl groups is 1. The number of halogens is 1. The Hall–Kier alpha value is -1.37. The van der Waals surface area contributed by atoms with E-state index in [2.05, 4.69) is 10.3 Å². The summed E-state index contributed by atoms with van der Waals surface area (Å²) in [5.41, 5.74) is 1.39. The van der Waals surface area contributed by atoms with Gasteiger partial charge >= 0.3 is 6.09 Å². The zero-order valence-electron chi connectivity index (χ0n) is 14.5. The number of carbonyl (C=O) groups is 1. The summed E-state index contributed by atoms with van der Waals surface area (Å²) in [6.07, 6.45) is 0.984. The van der Waals surface area contributed by atoms with Gasteiger partial charge in [0, 0.05) is 25.3 Å². The van der Waals surface area contributed by atoms with E-state index in [0.29, 0.717) is 37.6 Å². The summed E-state index contributed by atoms with van der Waals surface area (Å²) in [6.45, 7) is 7.50. The van der Waals surface area contributed by atoms with Gasteiger partial charge in [0.2, 0.25) is 0 Å². The lowest BCUT2D eigenvalue weighted by Crippen LogP contribution is -2.51. The van der Waals surface area contributed by atoms with E-state index in [1.165, 1.54) is 0 Å². The summed E-state index contributed by atoms with van der Waals surface area (Å²) in [6, 6.07) is 3.60. The van der Waals surface area contributed by atoms with E-state index in [-0.39, 0.29) is 18.7 Å². The Bertz CT molecular complexity index is 575. The van der Waals surface area contributed by atoms with Gasteiger partial charge in [-0.1, -0.05) is 17.7 Å². The molecule has 1 aromatic rings. The summed E-state index contributed by atoms with van der Waals surface area (Å²) in [5.74, 6) is 0. The number of pyridine rings is 1. The first-order valence-corrected chi connectivity index (χ1v) is 8.63. The van der Waals surface area contributed by atoms with Crippen LogP contribution in [0.5, 0.6) is 0 Å². The van der Waals surface area contributed by atoms with Gasteiger partial charge in [-0.05, 0) is 45.4 Å². The highest BCUT2D eigenvalue weighted by Gasteiger charge is 2.33. The highest BCUT2D eigenvalue weighted by molar-refractivity contribution is 6.29. The molecule has 1 aromatic heterocycles. The van der Waals surface area contributed by atoms with Crippen molar-refractivity contribution in [2.24, 2.45) is 0 Å². The quantitative estimate of drug-likeness (QED) is 0.626. The molecular formula is C17H26ClN3O3. The number of hydrogen-bond acceptors (Lipinski definition) is 5. The number of ether oxygens (including phenoxy) is 1. The standard InChI is InChI=1S/C17H26ClN3O3/c1-17(2,3)24-16(23)21-11-12-5-6-15(18)20-14(12)9-13(21)10-19-7-4-8-22/h5-6,13,19,22H,4,7-11H2,1-3H3. The van der Waals surface area contributed by atoms with Crippen LogP contribution in [0.25, 0.3) is 0 Å². The molecule has 1 atom stereocenters. The third-order valence-corrected chi connectivity index (χ3v) is 3.98. The SMILES string of the molecule is CC(C)(C)OC(=O)N1Cc2ccc(Cl)nc2CC1CNCCCO. The molecule has 1 aliphatic heterocycles. The molecule has 0 radical (unpaired) electrons. The lowest BCUT2D eigenvalue weighted by molar-refractivity contribution is 0.0117. The molecule has 2 N–H and O–H groups in total. The molecule has 134 valence electrons. The fourth-order valence-corrected chi connectivity index (χ4v) is 2.82. The first kappa shape index (κ1) is 19.0. The Morgan fingerprint density at radius 3 is 2.92 bits per heavy atom. The lowest BCUT2D eigenvalue weighted by Gasteiger charge is -2.37. The minimum atomic E-state index is -0.537. The van der Waals surface area contributed by atoms with Gasteiger partial charge in [-0.2, -0.15) is 0 Å². The second kappa shape index (κ2) is 8.14. The normalized spacial score (nSPS) is 17.5. The molecule has 2 rings (SSSR count). The Balaban J connectivity index is 2.13. The molecule has 1 amide bonds. The van der Waals surface area contributed by atoms with Gasteiger partial charge in [-0.25, -0.2) is 9.78 Å². The maximum Gasteiger partial charge on any atom is 0.410 e. The minimum Gasteiger partial charge on any atom is -0.444 e. The number of fused-ring (bicyclic) bond motifs is 1. The zero-order chi connectivity index (χ0) is 17.7. The number of rotatable bonds is 5. The molecule has 0 bridgehead atoms. The number of nitrogens with zero attached hydrogens (tertiary/aromatic N) is 2. The molecule has 6 nitrogen and oxygen atoms in total. The number of amides is 1. The number of hydrogen-bond donors (Lipinski definition) is 2. The summed E-state index contributed by atoms with van der Waals surface area (Å²) < 4.78 is 5.55. The fourth-order valence-electron chi connectivity index (χ4n) is 2.66. The van der Waals surface area contributed by atoms with Crippen LogP contribution in [0.1, 0.15) is 38.4 Å². The average Bonchev–Trinajstić information content (AvgIpc) is 2.49. The third-order valence-electron chi connectivity index (χ3n) is 3.76. The minimum absolute atomic E-state index is 0.0583. The van der Waals surface area contributed by atoms with Crippen LogP contribution in [0.15, 0.2) is 12.1 Å². The van der Waals surface area contributed by atoms with Gasteiger partial charge in [-0.15, -0.1) is 0 Å². The van der Waals surface area contributed by atoms with Crippen molar-refractivity contribution in [2.45, 2.75) is 51.8 Å². The van der Waals surface area contributed by atoms with Crippen LogP contribution >= 0.6 is 11.6 Å². The monoisotopic (exact) mass is 355 g/mol. The van der Waals surface area contributed by atoms with Gasteiger partial charge < -0.3 is 15.2 Å². The maximum atomic E-state index is 12.6. The summed E-state index contributed by atoms with van der Waals surface area (Å²) in [4.78, 5) is 18.7. The average molecular weight is 356 g/mol. The van der Waals surface area contributed by atoms with E-state index < -0.39 is 5.60 Å². The van der Waals surface area contributed by atoms with Crippen LogP contribution in [0.2, 0.25) is 5.15 Å². The molecule has 0 aliphatic carbocycles. The van der Waals surface area contributed by atoms with Crippen molar-refractivity contribution in [3.8, 4) is 0 Å². The van der Waals surface area contributed by atoms with Crippen LogP contribution in [0.4, 0.5) is 4.79 Å². The van der Waals surface area contributed by atoms with Gasteiger partial charge in [-0.3, -0.25) is 4.90 Å². The van der Waals surface area contributed by atoms with Crippen LogP contribution < -0.4 is 5.32 Å². The van der Waals surface area contributed by atoms with Crippen LogP contribution in [-0.4, -0.2) is 52.4 Å². The first-order chi connectivity index (χ1) is 11.3. The molecule has 24 heavy (non-hydrogen) atoms. The molecule has 1 unspecified atom stereocenters.